The number of methoxy groups -OCH3 is 1. The molecule has 1 unspecified atom stereocenters. The van der Waals surface area contributed by atoms with Gasteiger partial charge in [0.1, 0.15) is 17.9 Å². The highest BCUT2D eigenvalue weighted by Crippen LogP contribution is 2.32. The van der Waals surface area contributed by atoms with E-state index in [1.165, 1.54) is 25.6 Å². The summed E-state index contributed by atoms with van der Waals surface area (Å²) in [6.45, 7) is 11.5. The lowest BCUT2D eigenvalue weighted by molar-refractivity contribution is 0.0407. The van der Waals surface area contributed by atoms with Crippen LogP contribution >= 0.6 is 0 Å². The first-order chi connectivity index (χ1) is 15.3. The van der Waals surface area contributed by atoms with Crippen LogP contribution in [0.2, 0.25) is 0 Å². The maximum Gasteiger partial charge on any atom is 0.408 e. The van der Waals surface area contributed by atoms with Crippen molar-refractivity contribution in [3.8, 4) is 22.8 Å². The number of aromatic nitrogens is 2. The molecule has 1 atom stereocenters. The first-order valence-electron chi connectivity index (χ1n) is 10.7. The second-order valence-electron chi connectivity index (χ2n) is 9.56. The number of halogens is 2. The van der Waals surface area contributed by atoms with Gasteiger partial charge in [-0.25, -0.2) is 13.6 Å². The van der Waals surface area contributed by atoms with Gasteiger partial charge in [0.15, 0.2) is 11.5 Å². The Morgan fingerprint density at radius 3 is 2.39 bits per heavy atom. The van der Waals surface area contributed by atoms with Crippen LogP contribution in [0.5, 0.6) is 11.5 Å². The second-order valence-corrected chi connectivity index (χ2v) is 9.56. The van der Waals surface area contributed by atoms with E-state index in [1.807, 2.05) is 20.8 Å². The lowest BCUT2D eigenvalue weighted by Gasteiger charge is -2.33. The van der Waals surface area contributed by atoms with Gasteiger partial charge in [-0.1, -0.05) is 13.8 Å². The smallest absolute Gasteiger partial charge is 0.408 e. The fourth-order valence-electron chi connectivity index (χ4n) is 3.41. The van der Waals surface area contributed by atoms with Crippen LogP contribution in [-0.4, -0.2) is 40.9 Å². The quantitative estimate of drug-likeness (QED) is 0.504. The van der Waals surface area contributed by atoms with Crippen LogP contribution in [0, 0.1) is 5.92 Å². The highest BCUT2D eigenvalue weighted by atomic mass is 19.3. The van der Waals surface area contributed by atoms with E-state index in [2.05, 4.69) is 15.3 Å². The summed E-state index contributed by atoms with van der Waals surface area (Å²) in [5.41, 5.74) is -0.727. The molecule has 2 heterocycles. The van der Waals surface area contributed by atoms with Crippen molar-refractivity contribution in [3.63, 3.8) is 0 Å². The molecule has 0 saturated carbocycles. The van der Waals surface area contributed by atoms with Crippen molar-refractivity contribution < 1.29 is 27.8 Å². The summed E-state index contributed by atoms with van der Waals surface area (Å²) >= 11 is 0. The van der Waals surface area contributed by atoms with Gasteiger partial charge in [0, 0.05) is 17.8 Å². The van der Waals surface area contributed by atoms with Crippen LogP contribution in [0.15, 0.2) is 30.6 Å². The summed E-state index contributed by atoms with van der Waals surface area (Å²) in [6.07, 6.45) is 0.232. The number of nitrogens with one attached hydrogen (secondary N) is 1. The van der Waals surface area contributed by atoms with Crippen LogP contribution < -0.4 is 14.8 Å². The van der Waals surface area contributed by atoms with E-state index in [1.54, 1.807) is 32.9 Å². The molecule has 9 heteroatoms. The van der Waals surface area contributed by atoms with Crippen molar-refractivity contribution >= 4 is 6.09 Å². The van der Waals surface area contributed by atoms with E-state index >= 15 is 0 Å². The zero-order chi connectivity index (χ0) is 24.8. The van der Waals surface area contributed by atoms with Gasteiger partial charge >= 0.3 is 6.09 Å². The summed E-state index contributed by atoms with van der Waals surface area (Å²) < 4.78 is 42.8. The number of carbonyl (C=O) groups is 1. The van der Waals surface area contributed by atoms with Crippen molar-refractivity contribution in [2.24, 2.45) is 5.92 Å². The maximum atomic E-state index is 13.0. The largest absolute Gasteiger partial charge is 0.493 e. The molecule has 0 aliphatic rings. The molecule has 0 aliphatic carbocycles. The van der Waals surface area contributed by atoms with Crippen LogP contribution in [0.25, 0.3) is 11.3 Å². The van der Waals surface area contributed by atoms with Crippen molar-refractivity contribution in [2.75, 3.05) is 13.7 Å². The van der Waals surface area contributed by atoms with E-state index in [0.717, 1.165) is 0 Å². The minimum absolute atomic E-state index is 0.145. The first-order valence-corrected chi connectivity index (χ1v) is 10.7. The molecule has 1 amide bonds. The zero-order valence-corrected chi connectivity index (χ0v) is 20.2. The highest BCUT2D eigenvalue weighted by molar-refractivity contribution is 5.68. The van der Waals surface area contributed by atoms with Crippen LogP contribution in [0.4, 0.5) is 13.6 Å². The minimum atomic E-state index is -2.68. The van der Waals surface area contributed by atoms with Crippen molar-refractivity contribution in [2.45, 2.75) is 65.5 Å². The number of pyridine rings is 2. The summed E-state index contributed by atoms with van der Waals surface area (Å²) in [6, 6.07) is 4.50. The Morgan fingerprint density at radius 1 is 1.12 bits per heavy atom. The number of amides is 1. The molecule has 2 aromatic rings. The Morgan fingerprint density at radius 2 is 1.82 bits per heavy atom. The predicted molar refractivity (Wildman–Crippen MR) is 122 cm³/mol. The Labute approximate surface area is 193 Å². The van der Waals surface area contributed by atoms with Crippen LogP contribution in [0.1, 0.15) is 60.1 Å². The molecule has 7 nitrogen and oxygen atoms in total. The second kappa shape index (κ2) is 10.8. The standard InChI is InChI=1S/C24H33F2N3O4/c1-15(2)12-24(6,29-22(30)33-23(3,4)5)14-32-20-13-28-17(11-19(20)31-7)16-8-9-27-18(10-16)21(25)26/h8-11,13,15,21H,12,14H2,1-7H3,(H,29,30). The number of alkyl carbamates (subject to hydrolysis) is 1. The first kappa shape index (κ1) is 26.3. The molecular weight excluding hydrogens is 432 g/mol. The molecule has 0 saturated heterocycles. The molecule has 0 aromatic carbocycles. The molecule has 182 valence electrons. The number of hydrogen-bond acceptors (Lipinski definition) is 6. The lowest BCUT2D eigenvalue weighted by Crippen LogP contribution is -2.52. The molecule has 0 spiro atoms. The third kappa shape index (κ3) is 8.14. The molecular formula is C24H33F2N3O4. The number of alkyl halides is 2. The third-order valence-corrected chi connectivity index (χ3v) is 4.56. The minimum Gasteiger partial charge on any atom is -0.493 e. The molecule has 0 aliphatic heterocycles. The molecule has 0 radical (unpaired) electrons. The molecule has 0 bridgehead atoms. The predicted octanol–water partition coefficient (Wildman–Crippen LogP) is 5.80. The van der Waals surface area contributed by atoms with Crippen LogP contribution in [0.3, 0.4) is 0 Å². The van der Waals surface area contributed by atoms with E-state index in [9.17, 15) is 13.6 Å². The van der Waals surface area contributed by atoms with Crippen molar-refractivity contribution in [1.29, 1.82) is 0 Å². The molecule has 0 fully saturated rings. The van der Waals surface area contributed by atoms with Gasteiger partial charge in [-0.3, -0.25) is 9.97 Å². The van der Waals surface area contributed by atoms with E-state index < -0.39 is 23.7 Å². The number of hydrogen-bond donors (Lipinski definition) is 1. The van der Waals surface area contributed by atoms with E-state index in [0.29, 0.717) is 29.2 Å². The molecule has 2 rings (SSSR count). The van der Waals surface area contributed by atoms with Gasteiger partial charge in [-0.2, -0.15) is 0 Å². The number of ether oxygens (including phenoxy) is 3. The summed E-state index contributed by atoms with van der Waals surface area (Å²) in [4.78, 5) is 20.4. The number of carbonyl (C=O) groups excluding carboxylic acids is 1. The summed E-state index contributed by atoms with van der Waals surface area (Å²) in [7, 11) is 1.48. The van der Waals surface area contributed by atoms with Crippen molar-refractivity contribution in [1.82, 2.24) is 15.3 Å². The summed E-state index contributed by atoms with van der Waals surface area (Å²) in [5.74, 6) is 1.04. The third-order valence-electron chi connectivity index (χ3n) is 4.56. The van der Waals surface area contributed by atoms with Gasteiger partial charge < -0.3 is 19.5 Å². The van der Waals surface area contributed by atoms with Gasteiger partial charge in [0.2, 0.25) is 0 Å². The summed E-state index contributed by atoms with van der Waals surface area (Å²) in [5, 5.41) is 2.92. The highest BCUT2D eigenvalue weighted by Gasteiger charge is 2.31. The molecule has 2 aromatic heterocycles. The van der Waals surface area contributed by atoms with Gasteiger partial charge in [-0.15, -0.1) is 0 Å². The van der Waals surface area contributed by atoms with Crippen LogP contribution in [-0.2, 0) is 4.74 Å². The Kier molecular flexibility index (Phi) is 8.57. The average Bonchev–Trinajstić information content (AvgIpc) is 2.70. The van der Waals surface area contributed by atoms with E-state index in [4.69, 9.17) is 14.2 Å². The Hall–Kier alpha value is -2.97. The van der Waals surface area contributed by atoms with E-state index in [-0.39, 0.29) is 18.2 Å². The monoisotopic (exact) mass is 465 g/mol. The fourth-order valence-corrected chi connectivity index (χ4v) is 3.41. The SMILES string of the molecule is COc1cc(-c2ccnc(C(F)F)c2)ncc1OCC(C)(CC(C)C)NC(=O)OC(C)(C)C. The average molecular weight is 466 g/mol. The van der Waals surface area contributed by atoms with Gasteiger partial charge in [0.05, 0.1) is 24.5 Å². The number of nitrogens with zero attached hydrogens (tertiary/aromatic N) is 2. The topological polar surface area (TPSA) is 82.6 Å². The maximum absolute atomic E-state index is 13.0. The normalized spacial score (nSPS) is 13.5. The van der Waals surface area contributed by atoms with Gasteiger partial charge in [0.25, 0.3) is 6.43 Å². The Bertz CT molecular complexity index is 948. The molecule has 33 heavy (non-hydrogen) atoms. The Balaban J connectivity index is 2.22. The molecule has 1 N–H and O–H groups in total. The lowest BCUT2D eigenvalue weighted by atomic mass is 9.91. The van der Waals surface area contributed by atoms with Crippen molar-refractivity contribution in [3.05, 3.63) is 36.3 Å². The van der Waals surface area contributed by atoms with Gasteiger partial charge in [-0.05, 0) is 52.2 Å². The fraction of sp³-hybridized carbons (Fsp3) is 0.542. The zero-order valence-electron chi connectivity index (χ0n) is 20.2. The number of rotatable bonds is 9.